The molecule has 1 aromatic carbocycles. The summed E-state index contributed by atoms with van der Waals surface area (Å²) >= 11 is 5.93. The third-order valence-electron chi connectivity index (χ3n) is 3.35. The van der Waals surface area contributed by atoms with Crippen LogP contribution in [0.15, 0.2) is 18.2 Å². The number of nitrogens with two attached hydrogens (primary N) is 1. The molecule has 0 aliphatic heterocycles. The Bertz CT molecular complexity index is 348. The van der Waals surface area contributed by atoms with Crippen LogP contribution >= 0.6 is 11.6 Å². The van der Waals surface area contributed by atoms with Gasteiger partial charge in [0.05, 0.1) is 11.4 Å². The highest BCUT2D eigenvalue weighted by atomic mass is 35.5. The van der Waals surface area contributed by atoms with Gasteiger partial charge in [-0.1, -0.05) is 38.3 Å². The van der Waals surface area contributed by atoms with E-state index >= 15 is 0 Å². The summed E-state index contributed by atoms with van der Waals surface area (Å²) in [5, 5.41) is 0.699. The summed E-state index contributed by atoms with van der Waals surface area (Å²) in [5.41, 5.74) is 7.90. The van der Waals surface area contributed by atoms with Crippen molar-refractivity contribution in [1.29, 1.82) is 0 Å². The number of hydrogen-bond acceptors (Lipinski definition) is 2. The molecule has 1 rings (SSSR count). The Balaban J connectivity index is 2.85. The normalized spacial score (nSPS) is 10.9. The van der Waals surface area contributed by atoms with Gasteiger partial charge in [0.25, 0.3) is 0 Å². The molecule has 0 amide bonds. The molecule has 0 unspecified atom stereocenters. The van der Waals surface area contributed by atoms with Crippen LogP contribution in [0.5, 0.6) is 0 Å². The van der Waals surface area contributed by atoms with Gasteiger partial charge in [0.2, 0.25) is 0 Å². The minimum Gasteiger partial charge on any atom is -0.397 e. The van der Waals surface area contributed by atoms with E-state index in [1.165, 1.54) is 12.8 Å². The van der Waals surface area contributed by atoms with E-state index in [1.807, 2.05) is 18.2 Å². The van der Waals surface area contributed by atoms with Crippen molar-refractivity contribution in [2.75, 3.05) is 23.7 Å². The van der Waals surface area contributed by atoms with Crippen LogP contribution in [-0.2, 0) is 0 Å². The Labute approximate surface area is 110 Å². The van der Waals surface area contributed by atoms with Crippen molar-refractivity contribution < 1.29 is 0 Å². The van der Waals surface area contributed by atoms with Crippen LogP contribution in [0.3, 0.4) is 0 Å². The van der Waals surface area contributed by atoms with Gasteiger partial charge in [-0.05, 0) is 31.0 Å². The Morgan fingerprint density at radius 1 is 1.24 bits per heavy atom. The zero-order valence-corrected chi connectivity index (χ0v) is 11.8. The summed E-state index contributed by atoms with van der Waals surface area (Å²) in [4.78, 5) is 2.34. The number of nitrogens with zero attached hydrogens (tertiary/aromatic N) is 1. The number of halogens is 1. The number of benzene rings is 1. The van der Waals surface area contributed by atoms with Crippen LogP contribution in [0.4, 0.5) is 11.4 Å². The Hall–Kier alpha value is -0.890. The molecule has 0 aromatic heterocycles. The quantitative estimate of drug-likeness (QED) is 0.772. The molecule has 0 saturated heterocycles. The highest BCUT2D eigenvalue weighted by Crippen LogP contribution is 2.27. The van der Waals surface area contributed by atoms with Gasteiger partial charge in [0.15, 0.2) is 0 Å². The predicted molar refractivity (Wildman–Crippen MR) is 77.8 cm³/mol. The minimum atomic E-state index is 0.699. The Kier molecular flexibility index (Phi) is 5.63. The van der Waals surface area contributed by atoms with Crippen molar-refractivity contribution in [3.63, 3.8) is 0 Å². The summed E-state index contributed by atoms with van der Waals surface area (Å²) in [6.45, 7) is 8.69. The molecule has 0 bridgehead atoms. The first-order chi connectivity index (χ1) is 8.12. The minimum absolute atomic E-state index is 0.699. The Morgan fingerprint density at radius 3 is 2.35 bits per heavy atom. The molecule has 3 heteroatoms. The summed E-state index contributed by atoms with van der Waals surface area (Å²) < 4.78 is 0. The second-order valence-electron chi connectivity index (χ2n) is 4.42. The van der Waals surface area contributed by atoms with Gasteiger partial charge in [-0.2, -0.15) is 0 Å². The molecule has 0 heterocycles. The fourth-order valence-electron chi connectivity index (χ4n) is 2.07. The third kappa shape index (κ3) is 3.81. The molecule has 0 aliphatic carbocycles. The van der Waals surface area contributed by atoms with Crippen molar-refractivity contribution in [1.82, 2.24) is 0 Å². The molecule has 0 saturated carbocycles. The molecule has 0 radical (unpaired) electrons. The van der Waals surface area contributed by atoms with E-state index in [2.05, 4.69) is 25.7 Å². The molecule has 2 nitrogen and oxygen atoms in total. The summed E-state index contributed by atoms with van der Waals surface area (Å²) in [6.07, 6.45) is 2.42. The Morgan fingerprint density at radius 2 is 1.88 bits per heavy atom. The molecule has 2 N–H and O–H groups in total. The van der Waals surface area contributed by atoms with Crippen LogP contribution in [0.1, 0.15) is 33.6 Å². The van der Waals surface area contributed by atoms with Gasteiger partial charge in [-0.25, -0.2) is 0 Å². The highest BCUT2D eigenvalue weighted by Gasteiger charge is 2.12. The summed E-state index contributed by atoms with van der Waals surface area (Å²) in [6, 6.07) is 5.75. The van der Waals surface area contributed by atoms with Crippen LogP contribution in [0.2, 0.25) is 5.02 Å². The number of nitrogen functional groups attached to an aromatic ring is 1. The van der Waals surface area contributed by atoms with E-state index in [-0.39, 0.29) is 0 Å². The first-order valence-electron chi connectivity index (χ1n) is 6.42. The highest BCUT2D eigenvalue weighted by molar-refractivity contribution is 6.31. The maximum absolute atomic E-state index is 6.03. The van der Waals surface area contributed by atoms with Crippen LogP contribution in [0, 0.1) is 5.92 Å². The second-order valence-corrected chi connectivity index (χ2v) is 4.86. The zero-order chi connectivity index (χ0) is 12.8. The summed E-state index contributed by atoms with van der Waals surface area (Å²) in [7, 11) is 0. The molecule has 1 aromatic rings. The molecular weight excluding hydrogens is 232 g/mol. The molecule has 0 atom stereocenters. The average Bonchev–Trinajstić information content (AvgIpc) is 2.32. The van der Waals surface area contributed by atoms with Crippen LogP contribution in [0.25, 0.3) is 0 Å². The fraction of sp³-hybridized carbons (Fsp3) is 0.571. The predicted octanol–water partition coefficient (Wildman–Crippen LogP) is 4.18. The topological polar surface area (TPSA) is 29.3 Å². The monoisotopic (exact) mass is 254 g/mol. The van der Waals surface area contributed by atoms with E-state index in [0.29, 0.717) is 5.02 Å². The lowest BCUT2D eigenvalue weighted by molar-refractivity contribution is 0.486. The largest absolute Gasteiger partial charge is 0.397 e. The zero-order valence-electron chi connectivity index (χ0n) is 11.0. The fourth-order valence-corrected chi connectivity index (χ4v) is 2.25. The van der Waals surface area contributed by atoms with Crippen molar-refractivity contribution in [2.24, 2.45) is 5.92 Å². The van der Waals surface area contributed by atoms with Crippen molar-refractivity contribution in [3.05, 3.63) is 23.2 Å². The molecule has 0 aliphatic rings. The third-order valence-corrected chi connectivity index (χ3v) is 3.58. The maximum Gasteiger partial charge on any atom is 0.0600 e. The van der Waals surface area contributed by atoms with Crippen molar-refractivity contribution >= 4 is 23.0 Å². The summed E-state index contributed by atoms with van der Waals surface area (Å²) in [5.74, 6) is 0.727. The average molecular weight is 255 g/mol. The smallest absolute Gasteiger partial charge is 0.0600 e. The van der Waals surface area contributed by atoms with Gasteiger partial charge in [-0.3, -0.25) is 0 Å². The van der Waals surface area contributed by atoms with Gasteiger partial charge in [-0.15, -0.1) is 0 Å². The second kappa shape index (κ2) is 6.75. The van der Waals surface area contributed by atoms with E-state index < -0.39 is 0 Å². The number of rotatable bonds is 6. The van der Waals surface area contributed by atoms with Crippen LogP contribution in [-0.4, -0.2) is 13.1 Å². The van der Waals surface area contributed by atoms with Crippen LogP contribution < -0.4 is 10.6 Å². The first kappa shape index (κ1) is 14.2. The molecule has 96 valence electrons. The van der Waals surface area contributed by atoms with Gasteiger partial charge in [0, 0.05) is 18.1 Å². The maximum atomic E-state index is 6.03. The van der Waals surface area contributed by atoms with E-state index in [4.69, 9.17) is 17.3 Å². The lowest BCUT2D eigenvalue weighted by atomic mass is 10.0. The number of hydrogen-bond donors (Lipinski definition) is 1. The lowest BCUT2D eigenvalue weighted by Crippen LogP contribution is -2.29. The molecule has 17 heavy (non-hydrogen) atoms. The van der Waals surface area contributed by atoms with E-state index in [1.54, 1.807) is 0 Å². The van der Waals surface area contributed by atoms with Gasteiger partial charge < -0.3 is 10.6 Å². The SMILES string of the molecule is CCC(CC)CN(CC)c1ccc(Cl)cc1N. The van der Waals surface area contributed by atoms with E-state index in [0.717, 1.165) is 30.4 Å². The van der Waals surface area contributed by atoms with Gasteiger partial charge >= 0.3 is 0 Å². The van der Waals surface area contributed by atoms with E-state index in [9.17, 15) is 0 Å². The number of anilines is 2. The molecular formula is C14H23ClN2. The lowest BCUT2D eigenvalue weighted by Gasteiger charge is -2.28. The van der Waals surface area contributed by atoms with Gasteiger partial charge in [0.1, 0.15) is 0 Å². The molecule has 0 spiro atoms. The first-order valence-corrected chi connectivity index (χ1v) is 6.80. The van der Waals surface area contributed by atoms with Crippen molar-refractivity contribution in [2.45, 2.75) is 33.6 Å². The standard InChI is InChI=1S/C14H23ClN2/c1-4-11(5-2)10-17(6-3)14-8-7-12(15)9-13(14)16/h7-9,11H,4-6,10,16H2,1-3H3. The van der Waals surface area contributed by atoms with Crippen molar-refractivity contribution in [3.8, 4) is 0 Å². The molecule has 0 fully saturated rings.